The molecule has 2 aromatic carbocycles. The van der Waals surface area contributed by atoms with E-state index in [1.807, 2.05) is 49.4 Å². The van der Waals surface area contributed by atoms with Gasteiger partial charge in [0, 0.05) is 29.6 Å². The Labute approximate surface area is 212 Å². The lowest BCUT2D eigenvalue weighted by Crippen LogP contribution is -2.35. The normalized spacial score (nSPS) is 18.3. The van der Waals surface area contributed by atoms with Gasteiger partial charge < -0.3 is 24.8 Å². The molecule has 1 aliphatic rings. The van der Waals surface area contributed by atoms with Gasteiger partial charge in [-0.2, -0.15) is 0 Å². The van der Waals surface area contributed by atoms with Gasteiger partial charge in [0.1, 0.15) is 5.76 Å². The predicted molar refractivity (Wildman–Crippen MR) is 142 cm³/mol. The summed E-state index contributed by atoms with van der Waals surface area (Å²) in [5.74, 6) is 0.664. The molecule has 0 spiro atoms. The molecule has 5 rings (SSSR count). The van der Waals surface area contributed by atoms with Gasteiger partial charge in [0.25, 0.3) is 0 Å². The van der Waals surface area contributed by atoms with E-state index in [1.54, 1.807) is 17.4 Å². The minimum absolute atomic E-state index is 0.101. The maximum atomic E-state index is 12.1. The van der Waals surface area contributed by atoms with Gasteiger partial charge in [-0.1, -0.05) is 41.7 Å². The molecule has 0 saturated heterocycles. The van der Waals surface area contributed by atoms with E-state index in [9.17, 15) is 19.1 Å². The molecule has 1 saturated carbocycles. The van der Waals surface area contributed by atoms with Gasteiger partial charge in [0.15, 0.2) is 5.13 Å². The van der Waals surface area contributed by atoms with Crippen LogP contribution in [0.3, 0.4) is 0 Å². The zero-order valence-corrected chi connectivity index (χ0v) is 21.5. The monoisotopic (exact) mass is 525 g/mol. The Morgan fingerprint density at radius 2 is 1.83 bits per heavy atom. The second kappa shape index (κ2) is 10.2. The summed E-state index contributed by atoms with van der Waals surface area (Å²) >= 11 is 1.61. The van der Waals surface area contributed by atoms with E-state index in [4.69, 9.17) is 9.40 Å². The lowest BCUT2D eigenvalue weighted by atomic mass is 9.85. The third-order valence-corrected chi connectivity index (χ3v) is 8.38. The number of rotatable bonds is 7. The molecule has 1 fully saturated rings. The van der Waals surface area contributed by atoms with Crippen LogP contribution in [-0.4, -0.2) is 33.3 Å². The van der Waals surface area contributed by atoms with Gasteiger partial charge >= 0.3 is 7.60 Å². The first-order chi connectivity index (χ1) is 17.3. The average molecular weight is 526 g/mol. The van der Waals surface area contributed by atoms with E-state index in [0.29, 0.717) is 18.3 Å². The number of anilines is 1. The number of carbonyl (C=O) groups excluding carboxylic acids is 1. The first-order valence-electron chi connectivity index (χ1n) is 12.0. The Kier molecular flexibility index (Phi) is 6.99. The molecule has 10 heteroatoms. The van der Waals surface area contributed by atoms with Crippen molar-refractivity contribution in [2.45, 2.75) is 38.6 Å². The highest BCUT2D eigenvalue weighted by atomic mass is 32.1. The van der Waals surface area contributed by atoms with Crippen molar-refractivity contribution < 1.29 is 23.6 Å². The number of amides is 1. The summed E-state index contributed by atoms with van der Waals surface area (Å²) < 4.78 is 18.0. The Bertz CT molecular complexity index is 1430. The van der Waals surface area contributed by atoms with Crippen molar-refractivity contribution in [2.75, 3.05) is 11.9 Å². The fraction of sp³-hybridized carbons (Fsp3) is 0.308. The Hall–Kier alpha value is -2.97. The second-order valence-electron chi connectivity index (χ2n) is 9.02. The van der Waals surface area contributed by atoms with E-state index in [-0.39, 0.29) is 17.3 Å². The fourth-order valence-corrected chi connectivity index (χ4v) is 6.27. The molecule has 0 radical (unpaired) electrons. The highest BCUT2D eigenvalue weighted by Gasteiger charge is 2.26. The van der Waals surface area contributed by atoms with Crippen LogP contribution in [0.4, 0.5) is 5.13 Å². The van der Waals surface area contributed by atoms with Crippen molar-refractivity contribution in [1.82, 2.24) is 10.3 Å². The Morgan fingerprint density at radius 1 is 1.08 bits per heavy atom. The molecule has 2 heterocycles. The molecule has 8 nitrogen and oxygen atoms in total. The largest absolute Gasteiger partial charge is 0.448 e. The topological polar surface area (TPSA) is 125 Å². The lowest BCUT2D eigenvalue weighted by Gasteiger charge is -2.28. The highest BCUT2D eigenvalue weighted by molar-refractivity contribution is 7.59. The van der Waals surface area contributed by atoms with E-state index >= 15 is 0 Å². The van der Waals surface area contributed by atoms with Crippen molar-refractivity contribution in [3.63, 3.8) is 0 Å². The third-order valence-electron chi connectivity index (χ3n) is 6.53. The van der Waals surface area contributed by atoms with Crippen molar-refractivity contribution in [3.8, 4) is 22.5 Å². The molecule has 1 aliphatic carbocycles. The maximum Gasteiger partial charge on any atom is 0.391 e. The summed E-state index contributed by atoms with van der Waals surface area (Å²) in [6.07, 6.45) is 3.63. The second-order valence-corrected chi connectivity index (χ2v) is 11.6. The molecule has 4 N–H and O–H groups in total. The molecule has 4 aromatic rings. The van der Waals surface area contributed by atoms with Gasteiger partial charge in [0.05, 0.1) is 10.2 Å². The van der Waals surface area contributed by atoms with Crippen molar-refractivity contribution in [1.29, 1.82) is 0 Å². The first kappa shape index (κ1) is 24.7. The van der Waals surface area contributed by atoms with Crippen LogP contribution in [0.25, 0.3) is 32.7 Å². The van der Waals surface area contributed by atoms with Gasteiger partial charge in [-0.25, -0.2) is 4.98 Å². The van der Waals surface area contributed by atoms with Gasteiger partial charge in [-0.15, -0.1) is 0 Å². The summed E-state index contributed by atoms with van der Waals surface area (Å²) in [5, 5.41) is 7.38. The number of carbonyl (C=O) groups is 1. The molecular formula is C26H28N3O5PS. The van der Waals surface area contributed by atoms with Crippen LogP contribution in [-0.2, 0) is 9.36 Å². The quantitative estimate of drug-likeness (QED) is 0.247. The van der Waals surface area contributed by atoms with Crippen LogP contribution >= 0.6 is 18.9 Å². The first-order valence-corrected chi connectivity index (χ1v) is 14.4. The molecule has 1 amide bonds. The van der Waals surface area contributed by atoms with Crippen LogP contribution in [0.1, 0.15) is 32.6 Å². The molecule has 188 valence electrons. The van der Waals surface area contributed by atoms with Crippen LogP contribution in [0.15, 0.2) is 59.0 Å². The number of nitrogens with one attached hydrogen (secondary N) is 2. The summed E-state index contributed by atoms with van der Waals surface area (Å²) in [7, 11) is -4.44. The minimum Gasteiger partial charge on any atom is -0.448 e. The van der Waals surface area contributed by atoms with Crippen LogP contribution in [0, 0.1) is 5.92 Å². The highest BCUT2D eigenvalue weighted by Crippen LogP contribution is 2.39. The van der Waals surface area contributed by atoms with Crippen LogP contribution in [0.5, 0.6) is 0 Å². The SMILES string of the molecule is CCNC(=O)C1CCC(Nc2nc3cccc(-c4cccc(-c5ccc(P(=O)(O)O)o5)c4)c3s2)CC1. The summed E-state index contributed by atoms with van der Waals surface area (Å²) in [6.45, 7) is 2.62. The maximum absolute atomic E-state index is 12.1. The molecule has 0 bridgehead atoms. The summed E-state index contributed by atoms with van der Waals surface area (Å²) in [5.41, 5.74) is 3.29. The standard InChI is InChI=1S/C26H28N3O5PS/c1-2-27-25(30)16-9-11-19(12-10-16)28-26-29-21-8-4-7-20(24(21)36-26)17-5-3-6-18(15-17)22-13-14-23(34-22)35(31,32)33/h3-8,13-16,19H,2,9-12H2,1H3,(H,27,30)(H,28,29)(H2,31,32,33). The lowest BCUT2D eigenvalue weighted by molar-refractivity contribution is -0.125. The van der Waals surface area contributed by atoms with Crippen molar-refractivity contribution in [2.24, 2.45) is 5.92 Å². The molecule has 0 unspecified atom stereocenters. The van der Waals surface area contributed by atoms with E-state index in [2.05, 4.69) is 10.6 Å². The Morgan fingerprint density at radius 3 is 2.56 bits per heavy atom. The number of furan rings is 1. The molecule has 36 heavy (non-hydrogen) atoms. The van der Waals surface area contributed by atoms with Gasteiger partial charge in [-0.05, 0) is 62.4 Å². The number of hydrogen-bond donors (Lipinski definition) is 4. The number of aromatic nitrogens is 1. The fourth-order valence-electron chi connectivity index (χ4n) is 4.71. The molecule has 2 aromatic heterocycles. The number of nitrogens with zero attached hydrogens (tertiary/aromatic N) is 1. The molecule has 0 atom stereocenters. The smallest absolute Gasteiger partial charge is 0.391 e. The van der Waals surface area contributed by atoms with Gasteiger partial charge in [0.2, 0.25) is 11.4 Å². The molecule has 0 aliphatic heterocycles. The minimum atomic E-state index is -4.44. The predicted octanol–water partition coefficient (Wildman–Crippen LogP) is 5.13. The summed E-state index contributed by atoms with van der Waals surface area (Å²) in [4.78, 5) is 35.7. The Balaban J connectivity index is 1.36. The van der Waals surface area contributed by atoms with Gasteiger partial charge in [-0.3, -0.25) is 9.36 Å². The third kappa shape index (κ3) is 5.25. The van der Waals surface area contributed by atoms with E-state index < -0.39 is 7.60 Å². The van der Waals surface area contributed by atoms with Crippen molar-refractivity contribution >= 4 is 45.7 Å². The van der Waals surface area contributed by atoms with E-state index in [0.717, 1.165) is 57.7 Å². The van der Waals surface area contributed by atoms with E-state index in [1.165, 1.54) is 6.07 Å². The van der Waals surface area contributed by atoms with Crippen molar-refractivity contribution in [3.05, 3.63) is 54.6 Å². The summed E-state index contributed by atoms with van der Waals surface area (Å²) in [6, 6.07) is 16.9. The number of benzene rings is 2. The zero-order chi connectivity index (χ0) is 25.3. The number of thiazole rings is 1. The number of fused-ring (bicyclic) bond motifs is 1. The molecular weight excluding hydrogens is 497 g/mol. The van der Waals surface area contributed by atoms with Crippen LogP contribution in [0.2, 0.25) is 0 Å². The van der Waals surface area contributed by atoms with Crippen LogP contribution < -0.4 is 16.1 Å². The average Bonchev–Trinajstić information content (AvgIpc) is 3.52. The zero-order valence-electron chi connectivity index (χ0n) is 19.8. The number of hydrogen-bond acceptors (Lipinski definition) is 6.